The van der Waals surface area contributed by atoms with E-state index in [0.29, 0.717) is 25.0 Å². The molecule has 2 aromatic heterocycles. The maximum atomic E-state index is 9.05. The van der Waals surface area contributed by atoms with Crippen LogP contribution in [0.3, 0.4) is 0 Å². The number of aliphatic hydroxyl groups excluding tert-OH is 1. The van der Waals surface area contributed by atoms with Crippen LogP contribution in [-0.2, 0) is 11.3 Å². The Morgan fingerprint density at radius 3 is 2.92 bits per heavy atom. The standard InChI is InChI=1S/C19H22N4O2S/c24-7-6-20-19-22-16(14-5-8-25-12-14)10-18(23-19)21-11-15-9-13-3-1-2-4-17(13)26-15/h1-4,9-10,14,24H,5-8,11-12H2,(H2,20,21,22,23)/t14-/m0/s1. The fraction of sp³-hybridized carbons (Fsp3) is 0.368. The van der Waals surface area contributed by atoms with Gasteiger partial charge in [-0.25, -0.2) is 4.98 Å². The Labute approximate surface area is 156 Å². The Hall–Kier alpha value is -2.22. The number of rotatable bonds is 7. The number of ether oxygens (including phenoxy) is 1. The first-order valence-electron chi connectivity index (χ1n) is 8.84. The van der Waals surface area contributed by atoms with Crippen LogP contribution in [0.4, 0.5) is 11.8 Å². The second kappa shape index (κ2) is 7.99. The summed E-state index contributed by atoms with van der Waals surface area (Å²) in [5.74, 6) is 1.64. The monoisotopic (exact) mass is 370 g/mol. The largest absolute Gasteiger partial charge is 0.395 e. The van der Waals surface area contributed by atoms with Gasteiger partial charge >= 0.3 is 0 Å². The van der Waals surface area contributed by atoms with Crippen LogP contribution in [0.25, 0.3) is 10.1 Å². The summed E-state index contributed by atoms with van der Waals surface area (Å²) in [5.41, 5.74) is 0.983. The first-order chi connectivity index (χ1) is 12.8. The minimum atomic E-state index is 0.0463. The topological polar surface area (TPSA) is 79.3 Å². The third-order valence-corrected chi connectivity index (χ3v) is 5.53. The van der Waals surface area contributed by atoms with E-state index in [2.05, 4.69) is 50.9 Å². The Morgan fingerprint density at radius 1 is 1.19 bits per heavy atom. The van der Waals surface area contributed by atoms with Gasteiger partial charge in [-0.15, -0.1) is 11.3 Å². The fourth-order valence-corrected chi connectivity index (χ4v) is 4.09. The van der Waals surface area contributed by atoms with Crippen molar-refractivity contribution in [1.29, 1.82) is 0 Å². The lowest BCUT2D eigenvalue weighted by Crippen LogP contribution is -2.13. The molecule has 0 bridgehead atoms. The van der Waals surface area contributed by atoms with Gasteiger partial charge in [0.05, 0.1) is 25.5 Å². The summed E-state index contributed by atoms with van der Waals surface area (Å²) in [4.78, 5) is 10.4. The van der Waals surface area contributed by atoms with Crippen LogP contribution in [-0.4, -0.2) is 41.4 Å². The fourth-order valence-electron chi connectivity index (χ4n) is 3.08. The van der Waals surface area contributed by atoms with Crippen LogP contribution in [0.1, 0.15) is 22.9 Å². The lowest BCUT2D eigenvalue weighted by molar-refractivity contribution is 0.193. The predicted molar refractivity (Wildman–Crippen MR) is 105 cm³/mol. The predicted octanol–water partition coefficient (Wildman–Crippen LogP) is 3.21. The van der Waals surface area contributed by atoms with Gasteiger partial charge in [-0.1, -0.05) is 18.2 Å². The van der Waals surface area contributed by atoms with Gasteiger partial charge in [0.2, 0.25) is 5.95 Å². The Bertz CT molecular complexity index is 844. The Morgan fingerprint density at radius 2 is 2.12 bits per heavy atom. The van der Waals surface area contributed by atoms with Crippen molar-refractivity contribution in [2.75, 3.05) is 37.0 Å². The van der Waals surface area contributed by atoms with Gasteiger partial charge in [0.1, 0.15) is 5.82 Å². The Kier molecular flexibility index (Phi) is 5.29. The molecule has 136 valence electrons. The molecular formula is C19H22N4O2S. The van der Waals surface area contributed by atoms with Gasteiger partial charge in [-0.2, -0.15) is 4.98 Å². The molecule has 1 aliphatic rings. The minimum Gasteiger partial charge on any atom is -0.395 e. The molecule has 1 aromatic carbocycles. The number of nitrogens with one attached hydrogen (secondary N) is 2. The summed E-state index contributed by atoms with van der Waals surface area (Å²) in [6, 6.07) is 12.6. The maximum absolute atomic E-state index is 9.05. The number of benzene rings is 1. The molecule has 0 spiro atoms. The molecule has 0 aliphatic carbocycles. The zero-order chi connectivity index (χ0) is 17.8. The third kappa shape index (κ3) is 3.95. The number of nitrogens with zero attached hydrogens (tertiary/aromatic N) is 2. The lowest BCUT2D eigenvalue weighted by atomic mass is 10.0. The number of aliphatic hydroxyl groups is 1. The van der Waals surface area contributed by atoms with Crippen molar-refractivity contribution in [1.82, 2.24) is 9.97 Å². The SMILES string of the molecule is OCCNc1nc(NCc2cc3ccccc3s2)cc([C@H]2CCOC2)n1. The average Bonchev–Trinajstić information content (AvgIpc) is 3.34. The van der Waals surface area contributed by atoms with E-state index in [1.165, 1.54) is 15.0 Å². The van der Waals surface area contributed by atoms with Crippen LogP contribution in [0, 0.1) is 0 Å². The van der Waals surface area contributed by atoms with Gasteiger partial charge in [-0.05, 0) is 23.9 Å². The van der Waals surface area contributed by atoms with Crippen molar-refractivity contribution < 1.29 is 9.84 Å². The molecular weight excluding hydrogens is 348 g/mol. The van der Waals surface area contributed by atoms with Gasteiger partial charge < -0.3 is 20.5 Å². The summed E-state index contributed by atoms with van der Waals surface area (Å²) >= 11 is 1.79. The third-order valence-electron chi connectivity index (χ3n) is 4.41. The Balaban J connectivity index is 1.52. The van der Waals surface area contributed by atoms with E-state index in [1.807, 2.05) is 6.07 Å². The molecule has 7 heteroatoms. The van der Waals surface area contributed by atoms with E-state index in [-0.39, 0.29) is 6.61 Å². The van der Waals surface area contributed by atoms with Crippen LogP contribution in [0.5, 0.6) is 0 Å². The van der Waals surface area contributed by atoms with E-state index >= 15 is 0 Å². The van der Waals surface area contributed by atoms with Gasteiger partial charge in [0, 0.05) is 34.7 Å². The average molecular weight is 370 g/mol. The molecule has 0 radical (unpaired) electrons. The highest BCUT2D eigenvalue weighted by Gasteiger charge is 2.20. The minimum absolute atomic E-state index is 0.0463. The molecule has 26 heavy (non-hydrogen) atoms. The smallest absolute Gasteiger partial charge is 0.224 e. The van der Waals surface area contributed by atoms with Gasteiger partial charge in [0.15, 0.2) is 0 Å². The second-order valence-electron chi connectivity index (χ2n) is 6.32. The number of anilines is 2. The van der Waals surface area contributed by atoms with Crippen molar-refractivity contribution in [2.24, 2.45) is 0 Å². The molecule has 1 saturated heterocycles. The number of hydrogen-bond donors (Lipinski definition) is 3. The zero-order valence-corrected chi connectivity index (χ0v) is 15.3. The lowest BCUT2D eigenvalue weighted by Gasteiger charge is -2.13. The number of aromatic nitrogens is 2. The van der Waals surface area contributed by atoms with E-state index in [4.69, 9.17) is 9.84 Å². The van der Waals surface area contributed by atoms with Gasteiger partial charge in [-0.3, -0.25) is 0 Å². The zero-order valence-electron chi connectivity index (χ0n) is 14.4. The van der Waals surface area contributed by atoms with Crippen molar-refractivity contribution in [2.45, 2.75) is 18.9 Å². The highest BCUT2D eigenvalue weighted by Crippen LogP contribution is 2.28. The highest BCUT2D eigenvalue weighted by atomic mass is 32.1. The number of thiophene rings is 1. The van der Waals surface area contributed by atoms with Crippen molar-refractivity contribution >= 4 is 33.2 Å². The molecule has 3 aromatic rings. The summed E-state index contributed by atoms with van der Waals surface area (Å²) in [7, 11) is 0. The molecule has 0 amide bonds. The van der Waals surface area contributed by atoms with Crippen molar-refractivity contribution in [3.05, 3.63) is 47.0 Å². The second-order valence-corrected chi connectivity index (χ2v) is 7.48. The van der Waals surface area contributed by atoms with E-state index in [0.717, 1.165) is 31.1 Å². The molecule has 1 fully saturated rings. The molecule has 3 N–H and O–H groups in total. The van der Waals surface area contributed by atoms with Gasteiger partial charge in [0.25, 0.3) is 0 Å². The first kappa shape index (κ1) is 17.2. The van der Waals surface area contributed by atoms with Crippen molar-refractivity contribution in [3.8, 4) is 0 Å². The number of fused-ring (bicyclic) bond motifs is 1. The normalized spacial score (nSPS) is 16.9. The van der Waals surface area contributed by atoms with Crippen LogP contribution >= 0.6 is 11.3 Å². The van der Waals surface area contributed by atoms with Crippen LogP contribution in [0.15, 0.2) is 36.4 Å². The molecule has 3 heterocycles. The quantitative estimate of drug-likeness (QED) is 0.593. The summed E-state index contributed by atoms with van der Waals surface area (Å²) in [5, 5.41) is 16.8. The molecule has 4 rings (SSSR count). The molecule has 1 aliphatic heterocycles. The molecule has 0 unspecified atom stereocenters. The molecule has 6 nitrogen and oxygen atoms in total. The van der Waals surface area contributed by atoms with E-state index < -0.39 is 0 Å². The summed E-state index contributed by atoms with van der Waals surface area (Å²) < 4.78 is 6.79. The van der Waals surface area contributed by atoms with Crippen LogP contribution in [0.2, 0.25) is 0 Å². The number of hydrogen-bond acceptors (Lipinski definition) is 7. The molecule has 1 atom stereocenters. The maximum Gasteiger partial charge on any atom is 0.224 e. The highest BCUT2D eigenvalue weighted by molar-refractivity contribution is 7.19. The summed E-state index contributed by atoms with van der Waals surface area (Å²) in [6.07, 6.45) is 0.978. The van der Waals surface area contributed by atoms with Crippen LogP contribution < -0.4 is 10.6 Å². The van der Waals surface area contributed by atoms with E-state index in [1.54, 1.807) is 11.3 Å². The van der Waals surface area contributed by atoms with E-state index in [9.17, 15) is 0 Å². The molecule has 0 saturated carbocycles. The summed E-state index contributed by atoms with van der Waals surface area (Å²) in [6.45, 7) is 2.67. The first-order valence-corrected chi connectivity index (χ1v) is 9.66. The van der Waals surface area contributed by atoms with Crippen molar-refractivity contribution in [3.63, 3.8) is 0 Å².